The minimum atomic E-state index is -1.18. The van der Waals surface area contributed by atoms with Crippen LogP contribution in [0.3, 0.4) is 0 Å². The fraction of sp³-hybridized carbons (Fsp3) is 0.700. The van der Waals surface area contributed by atoms with Crippen LogP contribution in [0.5, 0.6) is 0 Å². The molecule has 7 heteroatoms. The fourth-order valence-electron chi connectivity index (χ4n) is 3.46. The minimum Gasteiger partial charge on any atom is -0.376 e. The minimum absolute atomic E-state index is 0.252. The van der Waals surface area contributed by atoms with Crippen molar-refractivity contribution in [1.82, 2.24) is 0 Å². The van der Waals surface area contributed by atoms with Gasteiger partial charge in [-0.05, 0) is 6.04 Å². The van der Waals surface area contributed by atoms with Gasteiger partial charge in [0.15, 0.2) is 12.6 Å². The first-order chi connectivity index (χ1) is 12.9. The number of benzene rings is 1. The lowest BCUT2D eigenvalue weighted by Gasteiger charge is -2.48. The number of ether oxygens (including phenoxy) is 6. The lowest BCUT2D eigenvalue weighted by molar-refractivity contribution is -0.365. The van der Waals surface area contributed by atoms with Gasteiger partial charge in [0.25, 0.3) is 0 Å². The third-order valence-corrected chi connectivity index (χ3v) is 6.74. The van der Waals surface area contributed by atoms with Crippen molar-refractivity contribution < 1.29 is 28.4 Å². The Hall–Kier alpha value is -0.803. The summed E-state index contributed by atoms with van der Waals surface area (Å²) >= 11 is 0. The van der Waals surface area contributed by atoms with Gasteiger partial charge in [0, 0.05) is 34.5 Å². The number of rotatable bonds is 7. The van der Waals surface area contributed by atoms with Crippen molar-refractivity contribution in [3.63, 3.8) is 0 Å². The van der Waals surface area contributed by atoms with Gasteiger partial charge in [-0.1, -0.05) is 50.0 Å². The summed E-state index contributed by atoms with van der Waals surface area (Å²) < 4.78 is 35.8. The van der Waals surface area contributed by atoms with Crippen molar-refractivity contribution in [2.24, 2.45) is 0 Å². The maximum atomic E-state index is 6.22. The molecule has 0 aliphatic carbocycles. The van der Waals surface area contributed by atoms with E-state index in [1.807, 2.05) is 30.3 Å². The average Bonchev–Trinajstić information content (AvgIpc) is 2.66. The third kappa shape index (κ3) is 5.17. The van der Waals surface area contributed by atoms with Crippen LogP contribution in [0.2, 0.25) is 25.7 Å². The Kier molecular flexibility index (Phi) is 7.07. The van der Waals surface area contributed by atoms with E-state index in [9.17, 15) is 0 Å². The second kappa shape index (κ2) is 9.13. The molecule has 152 valence electrons. The van der Waals surface area contributed by atoms with Gasteiger partial charge in [0.1, 0.15) is 24.4 Å². The highest BCUT2D eigenvalue weighted by Gasteiger charge is 2.51. The largest absolute Gasteiger partial charge is 0.376 e. The van der Waals surface area contributed by atoms with Gasteiger partial charge in [0.2, 0.25) is 0 Å². The maximum absolute atomic E-state index is 6.22. The lowest BCUT2D eigenvalue weighted by atomic mass is 9.97. The van der Waals surface area contributed by atoms with Gasteiger partial charge in [-0.2, -0.15) is 0 Å². The van der Waals surface area contributed by atoms with Crippen molar-refractivity contribution in [2.75, 3.05) is 27.4 Å². The summed E-state index contributed by atoms with van der Waals surface area (Å²) in [5.41, 5.74) is 0.980. The molecule has 0 N–H and O–H groups in total. The Labute approximate surface area is 163 Å². The molecular weight excluding hydrogens is 364 g/mol. The van der Waals surface area contributed by atoms with Gasteiger partial charge < -0.3 is 28.4 Å². The van der Waals surface area contributed by atoms with Crippen LogP contribution < -0.4 is 0 Å². The van der Waals surface area contributed by atoms with Crippen LogP contribution in [0.1, 0.15) is 11.9 Å². The fourth-order valence-corrected chi connectivity index (χ4v) is 4.19. The van der Waals surface area contributed by atoms with Crippen molar-refractivity contribution in [1.29, 1.82) is 0 Å². The van der Waals surface area contributed by atoms with Crippen LogP contribution in [0.25, 0.3) is 0 Å². The zero-order valence-electron chi connectivity index (χ0n) is 16.9. The number of fused-ring (bicyclic) bond motifs is 1. The van der Waals surface area contributed by atoms with Crippen LogP contribution >= 0.6 is 0 Å². The van der Waals surface area contributed by atoms with E-state index < -0.39 is 20.7 Å². The summed E-state index contributed by atoms with van der Waals surface area (Å²) in [6, 6.07) is 11.0. The molecule has 2 saturated heterocycles. The first kappa shape index (κ1) is 20.9. The number of methoxy groups -OCH3 is 2. The highest BCUT2D eigenvalue weighted by Crippen LogP contribution is 2.36. The molecule has 0 amide bonds. The molecule has 0 saturated carbocycles. The monoisotopic (exact) mass is 396 g/mol. The van der Waals surface area contributed by atoms with E-state index in [-0.39, 0.29) is 24.4 Å². The Morgan fingerprint density at radius 1 is 1.00 bits per heavy atom. The molecular formula is C20H32O6Si. The molecule has 2 fully saturated rings. The van der Waals surface area contributed by atoms with Crippen LogP contribution in [-0.4, -0.2) is 66.2 Å². The van der Waals surface area contributed by atoms with Gasteiger partial charge in [-0.3, -0.25) is 0 Å². The summed E-state index contributed by atoms with van der Waals surface area (Å²) in [4.78, 5) is 0. The Morgan fingerprint density at radius 2 is 1.70 bits per heavy atom. The molecule has 1 aromatic rings. The molecule has 0 bridgehead atoms. The Morgan fingerprint density at radius 3 is 2.33 bits per heavy atom. The summed E-state index contributed by atoms with van der Waals surface area (Å²) in [6.07, 6.45) is -2.10. The lowest BCUT2D eigenvalue weighted by Crippen LogP contribution is -2.63. The Balaban J connectivity index is 1.68. The van der Waals surface area contributed by atoms with Gasteiger partial charge in [-0.15, -0.1) is 0 Å². The van der Waals surface area contributed by atoms with E-state index >= 15 is 0 Å². The van der Waals surface area contributed by atoms with Gasteiger partial charge >= 0.3 is 0 Å². The van der Waals surface area contributed by atoms with Crippen molar-refractivity contribution in [3.05, 3.63) is 35.9 Å². The average molecular weight is 397 g/mol. The van der Waals surface area contributed by atoms with E-state index in [1.54, 1.807) is 14.2 Å². The SMILES string of the molecule is CO[C@@H]1[C@@H](OC)[C@@H](OCC[Si](C)(C)C)O[C@@H]2COC(c3ccccc3)O[C@@H]12. The second-order valence-corrected chi connectivity index (χ2v) is 13.9. The summed E-state index contributed by atoms with van der Waals surface area (Å²) in [6.45, 7) is 8.06. The van der Waals surface area contributed by atoms with Crippen molar-refractivity contribution >= 4 is 8.07 Å². The number of hydrogen-bond donors (Lipinski definition) is 0. The predicted octanol–water partition coefficient (Wildman–Crippen LogP) is 3.21. The summed E-state index contributed by atoms with van der Waals surface area (Å²) in [5.74, 6) is 0. The van der Waals surface area contributed by atoms with E-state index in [4.69, 9.17) is 28.4 Å². The van der Waals surface area contributed by atoms with E-state index in [1.165, 1.54) is 0 Å². The molecule has 27 heavy (non-hydrogen) atoms. The molecule has 1 aromatic carbocycles. The third-order valence-electron chi connectivity index (χ3n) is 5.03. The Bertz CT molecular complexity index is 578. The first-order valence-electron chi connectivity index (χ1n) is 9.57. The molecule has 0 aromatic heterocycles. The first-order valence-corrected chi connectivity index (χ1v) is 13.3. The van der Waals surface area contributed by atoms with Crippen LogP contribution in [-0.2, 0) is 28.4 Å². The highest BCUT2D eigenvalue weighted by atomic mass is 28.3. The molecule has 2 heterocycles. The standard InChI is InChI=1S/C20H32O6Si/c1-21-17-16-15(13-24-19(26-16)14-9-7-6-8-10-14)25-20(18(17)22-2)23-11-12-27(3,4)5/h6-10,15-20H,11-13H2,1-5H3/t15-,16-,17+,18-,19?,20+/m1/s1. The van der Waals surface area contributed by atoms with E-state index in [0.717, 1.165) is 11.6 Å². The van der Waals surface area contributed by atoms with Crippen LogP contribution in [0.15, 0.2) is 30.3 Å². The topological polar surface area (TPSA) is 55.4 Å². The highest BCUT2D eigenvalue weighted by molar-refractivity contribution is 6.76. The molecule has 2 aliphatic heterocycles. The zero-order valence-corrected chi connectivity index (χ0v) is 17.9. The van der Waals surface area contributed by atoms with E-state index in [2.05, 4.69) is 19.6 Å². The zero-order chi connectivity index (χ0) is 19.4. The molecule has 3 rings (SSSR count). The maximum Gasteiger partial charge on any atom is 0.186 e. The molecule has 6 nitrogen and oxygen atoms in total. The molecule has 2 aliphatic rings. The number of hydrogen-bond acceptors (Lipinski definition) is 6. The molecule has 0 radical (unpaired) electrons. The van der Waals surface area contributed by atoms with Crippen molar-refractivity contribution in [2.45, 2.75) is 62.7 Å². The quantitative estimate of drug-likeness (QED) is 0.660. The summed E-state index contributed by atoms with van der Waals surface area (Å²) in [7, 11) is 2.15. The van der Waals surface area contributed by atoms with Gasteiger partial charge in [0.05, 0.1) is 6.61 Å². The van der Waals surface area contributed by atoms with Crippen molar-refractivity contribution in [3.8, 4) is 0 Å². The summed E-state index contributed by atoms with van der Waals surface area (Å²) in [5, 5.41) is 0. The van der Waals surface area contributed by atoms with Crippen LogP contribution in [0.4, 0.5) is 0 Å². The molecule has 1 unspecified atom stereocenters. The predicted molar refractivity (Wildman–Crippen MR) is 104 cm³/mol. The second-order valence-electron chi connectivity index (χ2n) is 8.30. The van der Waals surface area contributed by atoms with Gasteiger partial charge in [-0.25, -0.2) is 0 Å². The normalized spacial score (nSPS) is 34.3. The smallest absolute Gasteiger partial charge is 0.186 e. The van der Waals surface area contributed by atoms with E-state index in [0.29, 0.717) is 13.2 Å². The molecule has 6 atom stereocenters. The van der Waals surface area contributed by atoms with Crippen LogP contribution in [0, 0.1) is 0 Å². The molecule has 0 spiro atoms.